The van der Waals surface area contributed by atoms with Crippen molar-refractivity contribution in [2.45, 2.75) is 24.8 Å². The van der Waals surface area contributed by atoms with Gasteiger partial charge in [0.05, 0.1) is 10.9 Å². The SMILES string of the molecule is CCNC(=O)N(C)[C@@H](C)c1ccc(S(C)(=O)=O)cc1. The highest BCUT2D eigenvalue weighted by molar-refractivity contribution is 7.90. The highest BCUT2D eigenvalue weighted by Crippen LogP contribution is 2.20. The number of sulfone groups is 1. The van der Waals surface area contributed by atoms with Crippen LogP contribution >= 0.6 is 0 Å². The van der Waals surface area contributed by atoms with Crippen LogP contribution in [0.25, 0.3) is 0 Å². The molecule has 1 atom stereocenters. The minimum absolute atomic E-state index is 0.125. The maximum absolute atomic E-state index is 11.7. The number of urea groups is 1. The fraction of sp³-hybridized carbons (Fsp3) is 0.462. The van der Waals surface area contributed by atoms with Crippen LogP contribution in [0, 0.1) is 0 Å². The number of carbonyl (C=O) groups is 1. The predicted molar refractivity (Wildman–Crippen MR) is 74.8 cm³/mol. The van der Waals surface area contributed by atoms with Gasteiger partial charge in [0, 0.05) is 19.8 Å². The quantitative estimate of drug-likeness (QED) is 0.917. The predicted octanol–water partition coefficient (Wildman–Crippen LogP) is 1.81. The van der Waals surface area contributed by atoms with Crippen LogP contribution in [0.4, 0.5) is 4.79 Å². The summed E-state index contributed by atoms with van der Waals surface area (Å²) in [4.78, 5) is 13.6. The number of carbonyl (C=O) groups excluding carboxylic acids is 1. The molecule has 0 aliphatic carbocycles. The summed E-state index contributed by atoms with van der Waals surface area (Å²) in [6.45, 7) is 4.32. The summed E-state index contributed by atoms with van der Waals surface area (Å²) in [6, 6.07) is 6.31. The van der Waals surface area contributed by atoms with Crippen LogP contribution in [0.2, 0.25) is 0 Å². The fourth-order valence-electron chi connectivity index (χ4n) is 1.67. The van der Waals surface area contributed by atoms with Gasteiger partial charge in [-0.2, -0.15) is 0 Å². The standard InChI is InChI=1S/C13H20N2O3S/c1-5-14-13(16)15(3)10(2)11-6-8-12(9-7-11)19(4,17)18/h6-10H,5H2,1-4H3,(H,14,16)/t10-/m0/s1. The van der Waals surface area contributed by atoms with Crippen LogP contribution < -0.4 is 5.32 Å². The van der Waals surface area contributed by atoms with E-state index < -0.39 is 9.84 Å². The molecule has 1 aromatic rings. The van der Waals surface area contributed by atoms with Crippen molar-refractivity contribution in [3.05, 3.63) is 29.8 Å². The summed E-state index contributed by atoms with van der Waals surface area (Å²) in [6.07, 6.45) is 1.17. The molecule has 6 heteroatoms. The molecule has 0 unspecified atom stereocenters. The Morgan fingerprint density at radius 2 is 1.84 bits per heavy atom. The first-order valence-electron chi connectivity index (χ1n) is 6.08. The molecule has 106 valence electrons. The molecular weight excluding hydrogens is 264 g/mol. The molecule has 0 saturated heterocycles. The molecule has 2 amide bonds. The van der Waals surface area contributed by atoms with Gasteiger partial charge in [-0.3, -0.25) is 0 Å². The molecule has 0 fully saturated rings. The summed E-state index contributed by atoms with van der Waals surface area (Å²) in [5, 5.41) is 2.72. The molecule has 0 heterocycles. The highest BCUT2D eigenvalue weighted by Gasteiger charge is 2.17. The largest absolute Gasteiger partial charge is 0.338 e. The van der Waals surface area contributed by atoms with E-state index in [2.05, 4.69) is 5.32 Å². The van der Waals surface area contributed by atoms with Gasteiger partial charge >= 0.3 is 6.03 Å². The minimum Gasteiger partial charge on any atom is -0.338 e. The minimum atomic E-state index is -3.18. The third-order valence-corrected chi connectivity index (χ3v) is 4.15. The van der Waals surface area contributed by atoms with E-state index in [1.165, 1.54) is 6.26 Å². The Labute approximate surface area is 114 Å². The number of rotatable bonds is 4. The topological polar surface area (TPSA) is 66.5 Å². The third kappa shape index (κ3) is 3.96. The second kappa shape index (κ2) is 6.06. The van der Waals surface area contributed by atoms with Crippen molar-refractivity contribution in [1.29, 1.82) is 0 Å². The van der Waals surface area contributed by atoms with Crippen molar-refractivity contribution in [2.24, 2.45) is 0 Å². The maximum atomic E-state index is 11.7. The van der Waals surface area contributed by atoms with E-state index in [0.717, 1.165) is 5.56 Å². The van der Waals surface area contributed by atoms with Gasteiger partial charge in [0.15, 0.2) is 9.84 Å². The zero-order valence-corrected chi connectivity index (χ0v) is 12.5. The zero-order chi connectivity index (χ0) is 14.6. The van der Waals surface area contributed by atoms with E-state index in [-0.39, 0.29) is 17.0 Å². The van der Waals surface area contributed by atoms with Gasteiger partial charge in [0.2, 0.25) is 0 Å². The molecule has 0 bridgehead atoms. The van der Waals surface area contributed by atoms with Gasteiger partial charge in [-0.25, -0.2) is 13.2 Å². The van der Waals surface area contributed by atoms with Crippen LogP contribution in [0.1, 0.15) is 25.5 Å². The van der Waals surface area contributed by atoms with Crippen molar-refractivity contribution in [3.8, 4) is 0 Å². The molecule has 1 aromatic carbocycles. The Hall–Kier alpha value is -1.56. The summed E-state index contributed by atoms with van der Waals surface area (Å²) in [5.41, 5.74) is 0.890. The first-order chi connectivity index (χ1) is 8.77. The van der Waals surface area contributed by atoms with Crippen LogP contribution in [0.5, 0.6) is 0 Å². The summed E-state index contributed by atoms with van der Waals surface area (Å²) in [5.74, 6) is 0. The maximum Gasteiger partial charge on any atom is 0.317 e. The lowest BCUT2D eigenvalue weighted by Crippen LogP contribution is -2.38. The van der Waals surface area contributed by atoms with Crippen molar-refractivity contribution in [2.75, 3.05) is 19.8 Å². The molecule has 0 radical (unpaired) electrons. The van der Waals surface area contributed by atoms with E-state index in [0.29, 0.717) is 6.54 Å². The normalized spacial score (nSPS) is 12.8. The van der Waals surface area contributed by atoms with Crippen molar-refractivity contribution < 1.29 is 13.2 Å². The van der Waals surface area contributed by atoms with E-state index in [1.54, 1.807) is 36.2 Å². The van der Waals surface area contributed by atoms with Crippen molar-refractivity contribution in [1.82, 2.24) is 10.2 Å². The molecule has 0 aliphatic heterocycles. The Morgan fingerprint density at radius 3 is 2.26 bits per heavy atom. The molecule has 1 rings (SSSR count). The molecule has 0 spiro atoms. The summed E-state index contributed by atoms with van der Waals surface area (Å²) >= 11 is 0. The lowest BCUT2D eigenvalue weighted by Gasteiger charge is -2.25. The summed E-state index contributed by atoms with van der Waals surface area (Å²) in [7, 11) is -1.47. The van der Waals surface area contributed by atoms with E-state index in [4.69, 9.17) is 0 Å². The van der Waals surface area contributed by atoms with Crippen molar-refractivity contribution in [3.63, 3.8) is 0 Å². The average Bonchev–Trinajstić information content (AvgIpc) is 2.36. The van der Waals surface area contributed by atoms with Gasteiger partial charge in [0.25, 0.3) is 0 Å². The molecule has 19 heavy (non-hydrogen) atoms. The Balaban J connectivity index is 2.89. The molecule has 0 saturated carbocycles. The Kier molecular flexibility index (Phi) is 4.94. The highest BCUT2D eigenvalue weighted by atomic mass is 32.2. The first-order valence-corrected chi connectivity index (χ1v) is 7.97. The van der Waals surface area contributed by atoms with Crippen LogP contribution in [-0.2, 0) is 9.84 Å². The molecular formula is C13H20N2O3S. The zero-order valence-electron chi connectivity index (χ0n) is 11.7. The Bertz CT molecular complexity index is 538. The number of amides is 2. The van der Waals surface area contributed by atoms with Crippen LogP contribution in [0.15, 0.2) is 29.2 Å². The van der Waals surface area contributed by atoms with Gasteiger partial charge in [0.1, 0.15) is 0 Å². The summed E-state index contributed by atoms with van der Waals surface area (Å²) < 4.78 is 22.7. The molecule has 1 N–H and O–H groups in total. The average molecular weight is 284 g/mol. The second-order valence-electron chi connectivity index (χ2n) is 4.46. The number of nitrogens with zero attached hydrogens (tertiary/aromatic N) is 1. The van der Waals surface area contributed by atoms with Gasteiger partial charge < -0.3 is 10.2 Å². The van der Waals surface area contributed by atoms with Gasteiger partial charge in [-0.1, -0.05) is 12.1 Å². The fourth-order valence-corrected chi connectivity index (χ4v) is 2.30. The van der Waals surface area contributed by atoms with E-state index >= 15 is 0 Å². The second-order valence-corrected chi connectivity index (χ2v) is 6.48. The lowest BCUT2D eigenvalue weighted by atomic mass is 10.1. The van der Waals surface area contributed by atoms with Gasteiger partial charge in [-0.15, -0.1) is 0 Å². The smallest absolute Gasteiger partial charge is 0.317 e. The van der Waals surface area contributed by atoms with Gasteiger partial charge in [-0.05, 0) is 31.5 Å². The molecule has 0 aliphatic rings. The number of nitrogens with one attached hydrogen (secondary N) is 1. The molecule has 5 nitrogen and oxygen atoms in total. The number of benzene rings is 1. The lowest BCUT2D eigenvalue weighted by molar-refractivity contribution is 0.195. The van der Waals surface area contributed by atoms with E-state index in [9.17, 15) is 13.2 Å². The monoisotopic (exact) mass is 284 g/mol. The third-order valence-electron chi connectivity index (χ3n) is 3.02. The molecule has 0 aromatic heterocycles. The van der Waals surface area contributed by atoms with Crippen molar-refractivity contribution >= 4 is 15.9 Å². The van der Waals surface area contributed by atoms with E-state index in [1.807, 2.05) is 13.8 Å². The van der Waals surface area contributed by atoms with Crippen LogP contribution in [0.3, 0.4) is 0 Å². The number of hydrogen-bond acceptors (Lipinski definition) is 3. The first kappa shape index (κ1) is 15.5. The van der Waals surface area contributed by atoms with Crippen LogP contribution in [-0.4, -0.2) is 39.2 Å². The number of hydrogen-bond donors (Lipinski definition) is 1. The Morgan fingerprint density at radius 1 is 1.32 bits per heavy atom.